The molecule has 0 aliphatic carbocycles. The highest BCUT2D eigenvalue weighted by Crippen LogP contribution is 2.22. The lowest BCUT2D eigenvalue weighted by Crippen LogP contribution is -2.49. The molecule has 0 unspecified atom stereocenters. The molecule has 5 heteroatoms. The third-order valence-electron chi connectivity index (χ3n) is 4.99. The van der Waals surface area contributed by atoms with Crippen molar-refractivity contribution in [1.29, 1.82) is 0 Å². The third kappa shape index (κ3) is 4.61. The molecule has 1 fully saturated rings. The zero-order valence-electron chi connectivity index (χ0n) is 15.4. The molecule has 1 atom stereocenters. The highest BCUT2D eigenvalue weighted by molar-refractivity contribution is 5.98. The van der Waals surface area contributed by atoms with Gasteiger partial charge in [-0.1, -0.05) is 48.5 Å². The number of carbonyl (C=O) groups excluding carboxylic acids is 3. The molecule has 1 aliphatic heterocycles. The maximum Gasteiger partial charge on any atom is 0.251 e. The first kappa shape index (κ1) is 18.8. The largest absolute Gasteiger partial charge is 0.341 e. The minimum atomic E-state index is -0.598. The number of likely N-dealkylation sites (tertiary alicyclic amines) is 1. The summed E-state index contributed by atoms with van der Waals surface area (Å²) in [7, 11) is 0. The Kier molecular flexibility index (Phi) is 6.01. The summed E-state index contributed by atoms with van der Waals surface area (Å²) >= 11 is 0. The van der Waals surface area contributed by atoms with E-state index in [-0.39, 0.29) is 23.5 Å². The van der Waals surface area contributed by atoms with Crippen LogP contribution in [0.2, 0.25) is 0 Å². The van der Waals surface area contributed by atoms with Crippen LogP contribution in [-0.2, 0) is 4.79 Å². The van der Waals surface area contributed by atoms with E-state index in [1.54, 1.807) is 36.1 Å². The summed E-state index contributed by atoms with van der Waals surface area (Å²) in [5, 5.41) is 2.76. The fraction of sp³-hybridized carbons (Fsp3) is 0.318. The summed E-state index contributed by atoms with van der Waals surface area (Å²) in [6.07, 6.45) is 1.30. The SMILES string of the molecule is C[C@@H](NC(=O)c1ccccc1)C(=O)N1CCC(C(=O)c2ccccc2)CC1. The van der Waals surface area contributed by atoms with Gasteiger partial charge in [0.15, 0.2) is 5.78 Å². The molecule has 2 aromatic carbocycles. The zero-order valence-corrected chi connectivity index (χ0v) is 15.4. The van der Waals surface area contributed by atoms with Gasteiger partial charge >= 0.3 is 0 Å². The number of nitrogens with one attached hydrogen (secondary N) is 1. The van der Waals surface area contributed by atoms with Crippen LogP contribution in [0.4, 0.5) is 0 Å². The highest BCUT2D eigenvalue weighted by Gasteiger charge is 2.30. The molecule has 27 heavy (non-hydrogen) atoms. The van der Waals surface area contributed by atoms with Crippen LogP contribution in [-0.4, -0.2) is 41.6 Å². The smallest absolute Gasteiger partial charge is 0.251 e. The van der Waals surface area contributed by atoms with Gasteiger partial charge in [-0.15, -0.1) is 0 Å². The van der Waals surface area contributed by atoms with Gasteiger partial charge in [0, 0.05) is 30.1 Å². The Morgan fingerprint density at radius 3 is 1.96 bits per heavy atom. The van der Waals surface area contributed by atoms with Crippen molar-refractivity contribution >= 4 is 17.6 Å². The molecular weight excluding hydrogens is 340 g/mol. The molecular formula is C22H24N2O3. The number of amides is 2. The number of carbonyl (C=O) groups is 3. The summed E-state index contributed by atoms with van der Waals surface area (Å²) in [5.41, 5.74) is 1.26. The monoisotopic (exact) mass is 364 g/mol. The molecule has 140 valence electrons. The Hall–Kier alpha value is -2.95. The molecule has 1 aliphatic rings. The molecule has 2 amide bonds. The second-order valence-corrected chi connectivity index (χ2v) is 6.89. The van der Waals surface area contributed by atoms with Crippen molar-refractivity contribution in [1.82, 2.24) is 10.2 Å². The van der Waals surface area contributed by atoms with Crippen LogP contribution in [0.5, 0.6) is 0 Å². The van der Waals surface area contributed by atoms with Gasteiger partial charge in [0.1, 0.15) is 6.04 Å². The van der Waals surface area contributed by atoms with Crippen LogP contribution in [0, 0.1) is 5.92 Å². The first-order chi connectivity index (χ1) is 13.1. The van der Waals surface area contributed by atoms with Crippen LogP contribution >= 0.6 is 0 Å². The average Bonchev–Trinajstić information content (AvgIpc) is 2.74. The van der Waals surface area contributed by atoms with Gasteiger partial charge in [0.2, 0.25) is 5.91 Å². The molecule has 0 aromatic heterocycles. The van der Waals surface area contributed by atoms with E-state index in [2.05, 4.69) is 5.32 Å². The molecule has 5 nitrogen and oxygen atoms in total. The summed E-state index contributed by atoms with van der Waals surface area (Å²) in [4.78, 5) is 39.1. The van der Waals surface area contributed by atoms with Crippen molar-refractivity contribution in [3.8, 4) is 0 Å². The number of ketones is 1. The van der Waals surface area contributed by atoms with Crippen molar-refractivity contribution in [2.75, 3.05) is 13.1 Å². The third-order valence-corrected chi connectivity index (χ3v) is 4.99. The number of hydrogen-bond acceptors (Lipinski definition) is 3. The van der Waals surface area contributed by atoms with E-state index in [9.17, 15) is 14.4 Å². The Morgan fingerprint density at radius 1 is 0.889 bits per heavy atom. The minimum absolute atomic E-state index is 0.0503. The quantitative estimate of drug-likeness (QED) is 0.830. The second-order valence-electron chi connectivity index (χ2n) is 6.89. The Labute approximate surface area is 159 Å². The van der Waals surface area contributed by atoms with E-state index < -0.39 is 6.04 Å². The fourth-order valence-electron chi connectivity index (χ4n) is 3.41. The lowest BCUT2D eigenvalue weighted by Gasteiger charge is -2.33. The topological polar surface area (TPSA) is 66.5 Å². The standard InChI is InChI=1S/C22H24N2O3/c1-16(23-21(26)19-10-6-3-7-11-19)22(27)24-14-12-18(13-15-24)20(25)17-8-4-2-5-9-17/h2-11,16,18H,12-15H2,1H3,(H,23,26)/t16-/m1/s1. The van der Waals surface area contributed by atoms with Crippen molar-refractivity contribution in [3.63, 3.8) is 0 Å². The van der Waals surface area contributed by atoms with E-state index in [1.807, 2.05) is 36.4 Å². The Bertz CT molecular complexity index is 797. The second kappa shape index (κ2) is 8.62. The highest BCUT2D eigenvalue weighted by atomic mass is 16.2. The van der Waals surface area contributed by atoms with Crippen LogP contribution in [0.3, 0.4) is 0 Å². The van der Waals surface area contributed by atoms with E-state index in [4.69, 9.17) is 0 Å². The fourth-order valence-corrected chi connectivity index (χ4v) is 3.41. The van der Waals surface area contributed by atoms with Gasteiger partial charge in [0.05, 0.1) is 0 Å². The summed E-state index contributed by atoms with van der Waals surface area (Å²) in [5.74, 6) is -0.269. The maximum atomic E-state index is 12.6. The molecule has 0 saturated carbocycles. The maximum absolute atomic E-state index is 12.6. The number of benzene rings is 2. The first-order valence-corrected chi connectivity index (χ1v) is 9.30. The van der Waals surface area contributed by atoms with E-state index in [1.165, 1.54) is 0 Å². The van der Waals surface area contributed by atoms with Gasteiger partial charge in [-0.2, -0.15) is 0 Å². The van der Waals surface area contributed by atoms with Gasteiger partial charge in [-0.05, 0) is 31.9 Å². The molecule has 2 aromatic rings. The van der Waals surface area contributed by atoms with Crippen LogP contribution in [0.15, 0.2) is 60.7 Å². The summed E-state index contributed by atoms with van der Waals surface area (Å²) in [6, 6.07) is 17.5. The molecule has 1 saturated heterocycles. The molecule has 3 rings (SSSR count). The molecule has 0 spiro atoms. The lowest BCUT2D eigenvalue weighted by molar-refractivity contribution is -0.134. The number of hydrogen-bond donors (Lipinski definition) is 1. The van der Waals surface area contributed by atoms with Crippen LogP contribution in [0.25, 0.3) is 0 Å². The number of nitrogens with zero attached hydrogens (tertiary/aromatic N) is 1. The molecule has 1 heterocycles. The Morgan fingerprint density at radius 2 is 1.41 bits per heavy atom. The molecule has 1 N–H and O–H groups in total. The van der Waals surface area contributed by atoms with E-state index in [0.717, 1.165) is 5.56 Å². The molecule has 0 bridgehead atoms. The lowest BCUT2D eigenvalue weighted by atomic mass is 9.88. The summed E-state index contributed by atoms with van der Waals surface area (Å²) < 4.78 is 0. The normalized spacial score (nSPS) is 15.8. The molecule has 0 radical (unpaired) electrons. The summed E-state index contributed by atoms with van der Waals surface area (Å²) in [6.45, 7) is 2.77. The van der Waals surface area contributed by atoms with Gasteiger partial charge in [0.25, 0.3) is 5.91 Å². The predicted molar refractivity (Wildman–Crippen MR) is 103 cm³/mol. The van der Waals surface area contributed by atoms with Crippen molar-refractivity contribution in [2.45, 2.75) is 25.8 Å². The first-order valence-electron chi connectivity index (χ1n) is 9.30. The van der Waals surface area contributed by atoms with Gasteiger partial charge in [-0.3, -0.25) is 14.4 Å². The van der Waals surface area contributed by atoms with Gasteiger partial charge < -0.3 is 10.2 Å². The van der Waals surface area contributed by atoms with Crippen LogP contribution < -0.4 is 5.32 Å². The Balaban J connectivity index is 1.52. The van der Waals surface area contributed by atoms with E-state index in [0.29, 0.717) is 31.5 Å². The van der Waals surface area contributed by atoms with Crippen molar-refractivity contribution in [3.05, 3.63) is 71.8 Å². The number of Topliss-reactive ketones (excluding diaryl/α,β-unsaturated/α-hetero) is 1. The predicted octanol–water partition coefficient (Wildman–Crippen LogP) is 2.93. The van der Waals surface area contributed by atoms with Crippen molar-refractivity contribution in [2.24, 2.45) is 5.92 Å². The number of rotatable bonds is 5. The minimum Gasteiger partial charge on any atom is -0.341 e. The van der Waals surface area contributed by atoms with Crippen molar-refractivity contribution < 1.29 is 14.4 Å². The number of piperidine rings is 1. The van der Waals surface area contributed by atoms with Gasteiger partial charge in [-0.25, -0.2) is 0 Å². The zero-order chi connectivity index (χ0) is 19.2. The van der Waals surface area contributed by atoms with E-state index >= 15 is 0 Å². The van der Waals surface area contributed by atoms with Crippen LogP contribution in [0.1, 0.15) is 40.5 Å². The average molecular weight is 364 g/mol.